The van der Waals surface area contributed by atoms with Crippen molar-refractivity contribution in [3.05, 3.63) is 35.4 Å². The van der Waals surface area contributed by atoms with Gasteiger partial charge in [0.15, 0.2) is 0 Å². The summed E-state index contributed by atoms with van der Waals surface area (Å²) in [5.41, 5.74) is 13.5. The van der Waals surface area contributed by atoms with E-state index in [1.807, 2.05) is 30.3 Å². The molecule has 0 aliphatic rings. The summed E-state index contributed by atoms with van der Waals surface area (Å²) in [6.07, 6.45) is 0. The maximum absolute atomic E-state index is 5.54. The van der Waals surface area contributed by atoms with Crippen LogP contribution in [0.25, 0.3) is 0 Å². The quantitative estimate of drug-likeness (QED) is 0.593. The Kier molecular flexibility index (Phi) is 31.6. The van der Waals surface area contributed by atoms with Crippen molar-refractivity contribution < 1.29 is 0 Å². The van der Waals surface area contributed by atoms with Crippen molar-refractivity contribution in [2.45, 2.75) is 0 Å². The van der Waals surface area contributed by atoms with Crippen molar-refractivity contribution in [3.8, 4) is 0 Å². The van der Waals surface area contributed by atoms with Crippen molar-refractivity contribution in [1.82, 2.24) is 0 Å². The van der Waals surface area contributed by atoms with E-state index in [1.165, 1.54) is 21.1 Å². The number of hydrogen-bond acceptors (Lipinski definition) is 3. The Balaban J connectivity index is -0.000000144. The average Bonchev–Trinajstić information content (AvgIpc) is 2.28. The topological polar surface area (TPSA) is 78.1 Å². The minimum Gasteiger partial charge on any atom is -0.333 e. The van der Waals surface area contributed by atoms with Crippen molar-refractivity contribution in [2.75, 3.05) is 21.1 Å². The van der Waals surface area contributed by atoms with E-state index in [4.69, 9.17) is 11.6 Å². The fourth-order valence-electron chi connectivity index (χ4n) is 0.415. The first kappa shape index (κ1) is 18.2. The summed E-state index contributed by atoms with van der Waals surface area (Å²) in [6, 6.07) is 9.44. The second-order valence-corrected chi connectivity index (χ2v) is 1.73. The molecule has 0 saturated carbocycles. The highest BCUT2D eigenvalue weighted by atomic mass is 35.5. The molecule has 0 unspecified atom stereocenters. The molecule has 1 aromatic carbocycles. The zero-order valence-electron chi connectivity index (χ0n) is 8.50. The van der Waals surface area contributed by atoms with Crippen molar-refractivity contribution in [3.63, 3.8) is 0 Å². The second kappa shape index (κ2) is 22.5. The number of benzene rings is 1. The normalized spacial score (nSPS) is 6.08. The summed E-state index contributed by atoms with van der Waals surface area (Å²) in [6.45, 7) is 0. The van der Waals surface area contributed by atoms with Crippen molar-refractivity contribution in [2.24, 2.45) is 17.2 Å². The highest BCUT2D eigenvalue weighted by molar-refractivity contribution is 6.30. The smallest absolute Gasteiger partial charge is 0.0405 e. The maximum Gasteiger partial charge on any atom is 0.0405 e. The predicted molar refractivity (Wildman–Crippen MR) is 61.8 cm³/mol. The van der Waals surface area contributed by atoms with E-state index in [1.54, 1.807) is 0 Å². The molecule has 78 valence electrons. The lowest BCUT2D eigenvalue weighted by Gasteiger charge is -1.80. The Hall–Kier alpha value is -0.610. The minimum absolute atomic E-state index is 0.794. The highest BCUT2D eigenvalue weighted by Gasteiger charge is 1.74. The molecule has 0 radical (unpaired) electrons. The van der Waals surface area contributed by atoms with E-state index in [9.17, 15) is 0 Å². The summed E-state index contributed by atoms with van der Waals surface area (Å²) >= 11 is 5.54. The maximum atomic E-state index is 5.54. The first-order chi connectivity index (χ1) is 6.39. The molecule has 13 heavy (non-hydrogen) atoms. The lowest BCUT2D eigenvalue weighted by atomic mass is 10.4. The predicted octanol–water partition coefficient (Wildman–Crippen LogP) is 1.06. The number of rotatable bonds is 0. The van der Waals surface area contributed by atoms with Crippen LogP contribution in [0, 0.1) is 0 Å². The first-order valence-electron chi connectivity index (χ1n) is 3.83. The molecule has 0 atom stereocenters. The average molecular weight is 206 g/mol. The third kappa shape index (κ3) is 18.4. The molecular formula is C9H20ClN3. The van der Waals surface area contributed by atoms with Gasteiger partial charge in [0.25, 0.3) is 0 Å². The van der Waals surface area contributed by atoms with Gasteiger partial charge in [0, 0.05) is 5.02 Å². The van der Waals surface area contributed by atoms with Gasteiger partial charge >= 0.3 is 0 Å². The van der Waals surface area contributed by atoms with Crippen LogP contribution >= 0.6 is 11.6 Å². The molecule has 0 heterocycles. The lowest BCUT2D eigenvalue weighted by Crippen LogP contribution is -1.69. The molecule has 0 bridgehead atoms. The van der Waals surface area contributed by atoms with Crippen molar-refractivity contribution >= 4 is 11.6 Å². The van der Waals surface area contributed by atoms with E-state index in [-0.39, 0.29) is 0 Å². The largest absolute Gasteiger partial charge is 0.333 e. The van der Waals surface area contributed by atoms with Gasteiger partial charge in [-0.3, -0.25) is 0 Å². The van der Waals surface area contributed by atoms with E-state index < -0.39 is 0 Å². The van der Waals surface area contributed by atoms with E-state index >= 15 is 0 Å². The fourth-order valence-corrected chi connectivity index (χ4v) is 0.560. The number of hydrogen-bond donors (Lipinski definition) is 3. The summed E-state index contributed by atoms with van der Waals surface area (Å²) in [5.74, 6) is 0. The Labute approximate surface area is 85.9 Å². The zero-order chi connectivity index (χ0) is 11.1. The minimum atomic E-state index is 0.794. The van der Waals surface area contributed by atoms with Crippen LogP contribution in [0.3, 0.4) is 0 Å². The van der Waals surface area contributed by atoms with Crippen LogP contribution in [0.1, 0.15) is 0 Å². The molecule has 0 aromatic heterocycles. The Morgan fingerprint density at radius 1 is 0.769 bits per heavy atom. The molecule has 3 nitrogen and oxygen atoms in total. The molecule has 0 aliphatic carbocycles. The van der Waals surface area contributed by atoms with Gasteiger partial charge in [-0.1, -0.05) is 29.8 Å². The molecule has 6 N–H and O–H groups in total. The molecule has 4 heteroatoms. The van der Waals surface area contributed by atoms with Crippen LogP contribution in [0.5, 0.6) is 0 Å². The Morgan fingerprint density at radius 3 is 1.23 bits per heavy atom. The van der Waals surface area contributed by atoms with Crippen LogP contribution in [-0.2, 0) is 0 Å². The van der Waals surface area contributed by atoms with Crippen LogP contribution in [0.2, 0.25) is 5.02 Å². The molecule has 0 fully saturated rings. The lowest BCUT2D eigenvalue weighted by molar-refractivity contribution is 1.48. The van der Waals surface area contributed by atoms with Gasteiger partial charge in [-0.25, -0.2) is 0 Å². The molecule has 0 amide bonds. The zero-order valence-corrected chi connectivity index (χ0v) is 9.25. The van der Waals surface area contributed by atoms with Gasteiger partial charge in [0.1, 0.15) is 0 Å². The van der Waals surface area contributed by atoms with Gasteiger partial charge in [0.2, 0.25) is 0 Å². The monoisotopic (exact) mass is 205 g/mol. The molecule has 1 rings (SSSR count). The third-order valence-electron chi connectivity index (χ3n) is 0.733. The number of halogens is 1. The standard InChI is InChI=1S/C6H5Cl.3CH5N/c7-6-4-2-1-3-5-6;3*1-2/h1-5H;3*2H2,1H3. The molecule has 0 aliphatic heterocycles. The van der Waals surface area contributed by atoms with Gasteiger partial charge in [-0.2, -0.15) is 0 Å². The molecule has 1 aromatic rings. The Bertz CT molecular complexity index is 145. The first-order valence-corrected chi connectivity index (χ1v) is 4.21. The third-order valence-corrected chi connectivity index (χ3v) is 0.985. The van der Waals surface area contributed by atoms with Crippen LogP contribution in [0.4, 0.5) is 0 Å². The summed E-state index contributed by atoms with van der Waals surface area (Å²) in [7, 11) is 4.50. The van der Waals surface area contributed by atoms with Crippen LogP contribution in [0.15, 0.2) is 30.3 Å². The summed E-state index contributed by atoms with van der Waals surface area (Å²) in [4.78, 5) is 0. The SMILES string of the molecule is CN.CN.CN.Clc1ccccc1. The van der Waals surface area contributed by atoms with E-state index in [0.717, 1.165) is 5.02 Å². The molecule has 0 saturated heterocycles. The molecular weight excluding hydrogens is 186 g/mol. The van der Waals surface area contributed by atoms with Crippen LogP contribution in [-0.4, -0.2) is 21.1 Å². The van der Waals surface area contributed by atoms with Gasteiger partial charge in [-0.05, 0) is 33.3 Å². The number of nitrogens with two attached hydrogens (primary N) is 3. The van der Waals surface area contributed by atoms with Crippen LogP contribution < -0.4 is 17.2 Å². The summed E-state index contributed by atoms with van der Waals surface area (Å²) in [5, 5.41) is 0.794. The van der Waals surface area contributed by atoms with Gasteiger partial charge < -0.3 is 17.2 Å². The summed E-state index contributed by atoms with van der Waals surface area (Å²) < 4.78 is 0. The highest BCUT2D eigenvalue weighted by Crippen LogP contribution is 2.03. The van der Waals surface area contributed by atoms with Gasteiger partial charge in [0.05, 0.1) is 0 Å². The van der Waals surface area contributed by atoms with E-state index in [0.29, 0.717) is 0 Å². The fraction of sp³-hybridized carbons (Fsp3) is 0.333. The van der Waals surface area contributed by atoms with Crippen molar-refractivity contribution in [1.29, 1.82) is 0 Å². The van der Waals surface area contributed by atoms with E-state index in [2.05, 4.69) is 17.2 Å². The van der Waals surface area contributed by atoms with Gasteiger partial charge in [-0.15, -0.1) is 0 Å². The molecule has 0 spiro atoms. The Morgan fingerprint density at radius 2 is 1.08 bits per heavy atom. The second-order valence-electron chi connectivity index (χ2n) is 1.30.